The lowest BCUT2D eigenvalue weighted by Crippen LogP contribution is -2.51. The highest BCUT2D eigenvalue weighted by Gasteiger charge is 2.41. The van der Waals surface area contributed by atoms with Crippen molar-refractivity contribution in [2.24, 2.45) is 5.92 Å². The van der Waals surface area contributed by atoms with Crippen molar-refractivity contribution in [3.63, 3.8) is 0 Å². The molecule has 1 aliphatic rings. The first-order valence-electron chi connectivity index (χ1n) is 10.7. The van der Waals surface area contributed by atoms with E-state index < -0.39 is 22.0 Å². The molecule has 0 spiro atoms. The van der Waals surface area contributed by atoms with Crippen molar-refractivity contribution in [2.75, 3.05) is 20.3 Å². The fourth-order valence-electron chi connectivity index (χ4n) is 4.16. The molecule has 0 aromatic heterocycles. The second-order valence-electron chi connectivity index (χ2n) is 8.07. The van der Waals surface area contributed by atoms with Crippen molar-refractivity contribution < 1.29 is 22.7 Å². The zero-order valence-corrected chi connectivity index (χ0v) is 18.8. The molecule has 0 amide bonds. The van der Waals surface area contributed by atoms with E-state index in [9.17, 15) is 13.2 Å². The minimum absolute atomic E-state index is 0.00477. The van der Waals surface area contributed by atoms with Crippen LogP contribution < -0.4 is 0 Å². The molecule has 1 aliphatic heterocycles. The number of piperidine rings is 1. The Hall–Kier alpha value is -2.74. The van der Waals surface area contributed by atoms with E-state index in [4.69, 9.17) is 9.47 Å². The lowest BCUT2D eigenvalue weighted by atomic mass is 9.95. The number of ether oxygens (including phenoxy) is 2. The van der Waals surface area contributed by atoms with E-state index in [0.717, 1.165) is 16.3 Å². The summed E-state index contributed by atoms with van der Waals surface area (Å²) < 4.78 is 39.2. The molecule has 32 heavy (non-hydrogen) atoms. The molecule has 4 rings (SSSR count). The number of hydrogen-bond acceptors (Lipinski definition) is 5. The molecule has 7 heteroatoms. The number of carbonyl (C=O) groups is 1. The monoisotopic (exact) mass is 453 g/mol. The summed E-state index contributed by atoms with van der Waals surface area (Å²) in [5, 5.41) is 1.80. The van der Waals surface area contributed by atoms with Gasteiger partial charge in [0.15, 0.2) is 0 Å². The molecule has 0 N–H and O–H groups in total. The Labute approximate surface area is 188 Å². The molecular formula is C25H27NO5S. The average Bonchev–Trinajstić information content (AvgIpc) is 2.84. The quantitative estimate of drug-likeness (QED) is 0.506. The fourth-order valence-corrected chi connectivity index (χ4v) is 5.88. The van der Waals surface area contributed by atoms with Gasteiger partial charge in [0, 0.05) is 6.54 Å². The Balaban J connectivity index is 1.54. The SMILES string of the molecule is COC(=O)C1CCC(COCc2ccccc2)CN1S(=O)(=O)c1ccc2ccccc2c1. The molecule has 3 aromatic carbocycles. The molecule has 2 atom stereocenters. The minimum atomic E-state index is -3.89. The van der Waals surface area contributed by atoms with Crippen LogP contribution in [-0.4, -0.2) is 45.0 Å². The second kappa shape index (κ2) is 9.81. The fraction of sp³-hybridized carbons (Fsp3) is 0.320. The average molecular weight is 454 g/mol. The Morgan fingerprint density at radius 1 is 0.969 bits per heavy atom. The number of nitrogens with zero attached hydrogens (tertiary/aromatic N) is 1. The smallest absolute Gasteiger partial charge is 0.324 e. The van der Waals surface area contributed by atoms with Gasteiger partial charge in [-0.2, -0.15) is 4.31 Å². The lowest BCUT2D eigenvalue weighted by molar-refractivity contribution is -0.146. The number of methoxy groups -OCH3 is 1. The third-order valence-electron chi connectivity index (χ3n) is 5.90. The first-order valence-corrected chi connectivity index (χ1v) is 12.1. The van der Waals surface area contributed by atoms with Gasteiger partial charge in [-0.25, -0.2) is 8.42 Å². The van der Waals surface area contributed by atoms with Crippen LogP contribution in [0, 0.1) is 5.92 Å². The van der Waals surface area contributed by atoms with Crippen molar-refractivity contribution in [1.82, 2.24) is 4.31 Å². The molecular weight excluding hydrogens is 426 g/mol. The number of esters is 1. The van der Waals surface area contributed by atoms with Gasteiger partial charge in [0.1, 0.15) is 6.04 Å². The van der Waals surface area contributed by atoms with Gasteiger partial charge < -0.3 is 9.47 Å². The van der Waals surface area contributed by atoms with Gasteiger partial charge in [-0.15, -0.1) is 0 Å². The molecule has 3 aromatic rings. The first-order chi connectivity index (χ1) is 15.5. The standard InChI is InChI=1S/C25H27NO5S/c1-30-25(27)24-14-11-20(18-31-17-19-7-3-2-4-8-19)16-26(24)32(28,29)23-13-12-21-9-5-6-10-22(21)15-23/h2-10,12-13,15,20,24H,11,14,16-18H2,1H3. The van der Waals surface area contributed by atoms with Gasteiger partial charge >= 0.3 is 5.97 Å². The van der Waals surface area contributed by atoms with Crippen LogP contribution in [0.4, 0.5) is 0 Å². The molecule has 168 valence electrons. The van der Waals surface area contributed by atoms with Crippen molar-refractivity contribution in [3.05, 3.63) is 78.4 Å². The normalized spacial score (nSPS) is 19.7. The molecule has 1 heterocycles. The first kappa shape index (κ1) is 22.5. The van der Waals surface area contributed by atoms with Gasteiger partial charge in [0.2, 0.25) is 10.0 Å². The van der Waals surface area contributed by atoms with Crippen molar-refractivity contribution in [1.29, 1.82) is 0 Å². The number of benzene rings is 3. The van der Waals surface area contributed by atoms with Crippen LogP contribution >= 0.6 is 0 Å². The van der Waals surface area contributed by atoms with Crippen LogP contribution in [0.1, 0.15) is 18.4 Å². The summed E-state index contributed by atoms with van der Waals surface area (Å²) in [6.07, 6.45) is 1.09. The van der Waals surface area contributed by atoms with E-state index in [-0.39, 0.29) is 17.4 Å². The van der Waals surface area contributed by atoms with Crippen molar-refractivity contribution in [3.8, 4) is 0 Å². The Bertz CT molecular complexity index is 1180. The number of hydrogen-bond donors (Lipinski definition) is 0. The summed E-state index contributed by atoms with van der Waals surface area (Å²) in [5.74, 6) is -0.534. The highest BCUT2D eigenvalue weighted by atomic mass is 32.2. The summed E-state index contributed by atoms with van der Waals surface area (Å²) in [6, 6.07) is 21.7. The van der Waals surface area contributed by atoms with Crippen molar-refractivity contribution >= 4 is 26.8 Å². The molecule has 0 bridgehead atoms. The zero-order valence-electron chi connectivity index (χ0n) is 18.0. The molecule has 0 aliphatic carbocycles. The maximum absolute atomic E-state index is 13.6. The third-order valence-corrected chi connectivity index (χ3v) is 7.77. The molecule has 2 unspecified atom stereocenters. The minimum Gasteiger partial charge on any atom is -0.468 e. The summed E-state index contributed by atoms with van der Waals surface area (Å²) in [6.45, 7) is 1.10. The van der Waals surface area contributed by atoms with Crippen LogP contribution in [0.5, 0.6) is 0 Å². The Morgan fingerprint density at radius 3 is 2.44 bits per heavy atom. The van der Waals surface area contributed by atoms with Crippen LogP contribution in [-0.2, 0) is 30.9 Å². The van der Waals surface area contributed by atoms with Gasteiger partial charge in [0.25, 0.3) is 0 Å². The number of fused-ring (bicyclic) bond motifs is 1. The van der Waals surface area contributed by atoms with E-state index in [2.05, 4.69) is 0 Å². The van der Waals surface area contributed by atoms with Crippen LogP contribution in [0.3, 0.4) is 0 Å². The lowest BCUT2D eigenvalue weighted by Gasteiger charge is -2.37. The van der Waals surface area contributed by atoms with Gasteiger partial charge in [-0.1, -0.05) is 60.7 Å². The van der Waals surface area contributed by atoms with Gasteiger partial charge in [-0.3, -0.25) is 4.79 Å². The van der Waals surface area contributed by atoms with Crippen LogP contribution in [0.2, 0.25) is 0 Å². The van der Waals surface area contributed by atoms with E-state index >= 15 is 0 Å². The molecule has 1 saturated heterocycles. The Morgan fingerprint density at radius 2 is 1.69 bits per heavy atom. The second-order valence-corrected chi connectivity index (χ2v) is 9.96. The highest BCUT2D eigenvalue weighted by Crippen LogP contribution is 2.30. The number of sulfonamides is 1. The predicted molar refractivity (Wildman–Crippen MR) is 122 cm³/mol. The van der Waals surface area contributed by atoms with Crippen molar-refractivity contribution in [2.45, 2.75) is 30.4 Å². The largest absolute Gasteiger partial charge is 0.468 e. The summed E-state index contributed by atoms with van der Waals surface area (Å²) in [5.41, 5.74) is 1.07. The third kappa shape index (κ3) is 4.85. The summed E-state index contributed by atoms with van der Waals surface area (Å²) >= 11 is 0. The van der Waals surface area contributed by atoms with Gasteiger partial charge in [-0.05, 0) is 47.2 Å². The molecule has 1 fully saturated rings. The topological polar surface area (TPSA) is 72.9 Å². The summed E-state index contributed by atoms with van der Waals surface area (Å²) in [4.78, 5) is 12.6. The number of rotatable bonds is 7. The zero-order chi connectivity index (χ0) is 22.6. The van der Waals surface area contributed by atoms with Crippen LogP contribution in [0.25, 0.3) is 10.8 Å². The van der Waals surface area contributed by atoms with E-state index in [0.29, 0.717) is 26.1 Å². The predicted octanol–water partition coefficient (Wildman–Crippen LogP) is 4.00. The van der Waals surface area contributed by atoms with E-state index in [1.807, 2.05) is 54.6 Å². The molecule has 6 nitrogen and oxygen atoms in total. The number of carbonyl (C=O) groups excluding carboxylic acids is 1. The Kier molecular flexibility index (Phi) is 6.89. The van der Waals surface area contributed by atoms with E-state index in [1.54, 1.807) is 18.2 Å². The van der Waals surface area contributed by atoms with E-state index in [1.165, 1.54) is 11.4 Å². The summed E-state index contributed by atoms with van der Waals surface area (Å²) in [7, 11) is -2.60. The maximum Gasteiger partial charge on any atom is 0.324 e. The van der Waals surface area contributed by atoms with Gasteiger partial charge in [0.05, 0.1) is 25.2 Å². The maximum atomic E-state index is 13.6. The molecule has 0 radical (unpaired) electrons. The highest BCUT2D eigenvalue weighted by molar-refractivity contribution is 7.89. The molecule has 0 saturated carbocycles. The van der Waals surface area contributed by atoms with Crippen LogP contribution in [0.15, 0.2) is 77.7 Å².